The predicted molar refractivity (Wildman–Crippen MR) is 40.4 cm³/mol. The molecule has 2 saturated carbocycles. The second kappa shape index (κ2) is 1.57. The van der Waals surface area contributed by atoms with Crippen molar-refractivity contribution in [2.45, 2.75) is 25.2 Å². The smallest absolute Gasteiger partial charge is 0.167 e. The SMILES string of the molecule is O1C2OC3OC4OC1C1C2C2C3C4C12. The first-order valence-corrected chi connectivity index (χ1v) is 5.55. The molecule has 6 aliphatic rings. The average molecular weight is 194 g/mol. The molecule has 0 aromatic carbocycles. The van der Waals surface area contributed by atoms with Crippen molar-refractivity contribution >= 4 is 0 Å². The van der Waals surface area contributed by atoms with Gasteiger partial charge < -0.3 is 18.9 Å². The van der Waals surface area contributed by atoms with Gasteiger partial charge in [0.2, 0.25) is 0 Å². The molecule has 14 heavy (non-hydrogen) atoms. The number of hydrogen-bond donors (Lipinski definition) is 0. The maximum atomic E-state index is 5.83. The van der Waals surface area contributed by atoms with E-state index in [1.807, 2.05) is 0 Å². The topological polar surface area (TPSA) is 36.9 Å². The van der Waals surface area contributed by atoms with E-state index < -0.39 is 0 Å². The molecule has 0 spiro atoms. The summed E-state index contributed by atoms with van der Waals surface area (Å²) in [5.74, 6) is 4.20. The van der Waals surface area contributed by atoms with Crippen LogP contribution in [-0.4, -0.2) is 25.2 Å². The summed E-state index contributed by atoms with van der Waals surface area (Å²) in [6, 6.07) is 0. The lowest BCUT2D eigenvalue weighted by atomic mass is 9.37. The Balaban J connectivity index is 1.66. The van der Waals surface area contributed by atoms with Crippen LogP contribution in [0.5, 0.6) is 0 Å². The molecule has 4 saturated heterocycles. The minimum absolute atomic E-state index is 0.0208. The van der Waals surface area contributed by atoms with E-state index in [1.165, 1.54) is 0 Å². The molecule has 4 unspecified atom stereocenters. The van der Waals surface area contributed by atoms with Crippen molar-refractivity contribution in [1.29, 1.82) is 0 Å². The third-order valence-corrected chi connectivity index (χ3v) is 5.44. The summed E-state index contributed by atoms with van der Waals surface area (Å²) >= 11 is 0. The van der Waals surface area contributed by atoms with E-state index in [2.05, 4.69) is 0 Å². The summed E-state index contributed by atoms with van der Waals surface area (Å²) in [4.78, 5) is 0. The van der Waals surface area contributed by atoms with Crippen LogP contribution in [0.25, 0.3) is 0 Å². The van der Waals surface area contributed by atoms with Crippen LogP contribution in [0, 0.1) is 35.5 Å². The van der Waals surface area contributed by atoms with Crippen LogP contribution in [0.3, 0.4) is 0 Å². The Morgan fingerprint density at radius 1 is 0.357 bits per heavy atom. The fraction of sp³-hybridized carbons (Fsp3) is 1.00. The molecule has 0 radical (unpaired) electrons. The van der Waals surface area contributed by atoms with Gasteiger partial charge in [0.05, 0.1) is 0 Å². The molecule has 6 rings (SSSR count). The van der Waals surface area contributed by atoms with Gasteiger partial charge in [-0.15, -0.1) is 0 Å². The summed E-state index contributed by atoms with van der Waals surface area (Å²) < 4.78 is 23.2. The molecule has 0 bridgehead atoms. The maximum absolute atomic E-state index is 5.83. The maximum Gasteiger partial charge on any atom is 0.167 e. The van der Waals surface area contributed by atoms with Gasteiger partial charge in [0.15, 0.2) is 25.2 Å². The number of hydrogen-bond acceptors (Lipinski definition) is 4. The van der Waals surface area contributed by atoms with Gasteiger partial charge in [0.25, 0.3) is 0 Å². The molecule has 74 valence electrons. The van der Waals surface area contributed by atoms with Gasteiger partial charge >= 0.3 is 0 Å². The highest BCUT2D eigenvalue weighted by Crippen LogP contribution is 2.78. The zero-order valence-electron chi connectivity index (χ0n) is 7.41. The molecule has 6 fully saturated rings. The van der Waals surface area contributed by atoms with Gasteiger partial charge in [-0.25, -0.2) is 0 Å². The lowest BCUT2D eigenvalue weighted by molar-refractivity contribution is -0.353. The molecule has 4 atom stereocenters. The largest absolute Gasteiger partial charge is 0.323 e. The van der Waals surface area contributed by atoms with Crippen LogP contribution in [0.2, 0.25) is 0 Å². The van der Waals surface area contributed by atoms with Crippen molar-refractivity contribution in [2.75, 3.05) is 0 Å². The van der Waals surface area contributed by atoms with Crippen molar-refractivity contribution in [3.63, 3.8) is 0 Å². The molecule has 0 amide bonds. The van der Waals surface area contributed by atoms with Crippen LogP contribution < -0.4 is 0 Å². The molecule has 0 aromatic rings. The van der Waals surface area contributed by atoms with E-state index in [9.17, 15) is 0 Å². The van der Waals surface area contributed by atoms with E-state index in [-0.39, 0.29) is 25.2 Å². The molecule has 0 aromatic heterocycles. The van der Waals surface area contributed by atoms with Gasteiger partial charge in [-0.3, -0.25) is 0 Å². The van der Waals surface area contributed by atoms with Gasteiger partial charge in [0, 0.05) is 23.7 Å². The minimum atomic E-state index is -0.0208. The Labute approximate surface area is 80.4 Å². The van der Waals surface area contributed by atoms with Gasteiger partial charge in [-0.2, -0.15) is 0 Å². The summed E-state index contributed by atoms with van der Waals surface area (Å²) in [5, 5.41) is 0. The second-order valence-electron chi connectivity index (χ2n) is 5.48. The zero-order chi connectivity index (χ0) is 8.60. The zero-order valence-corrected chi connectivity index (χ0v) is 7.41. The van der Waals surface area contributed by atoms with Gasteiger partial charge in [-0.05, 0) is 11.8 Å². The van der Waals surface area contributed by atoms with Crippen LogP contribution in [0.15, 0.2) is 0 Å². The first-order valence-electron chi connectivity index (χ1n) is 5.55. The van der Waals surface area contributed by atoms with E-state index in [1.54, 1.807) is 0 Å². The fourth-order valence-corrected chi connectivity index (χ4v) is 5.11. The molecule has 2 aliphatic carbocycles. The molecule has 4 heterocycles. The fourth-order valence-electron chi connectivity index (χ4n) is 5.11. The van der Waals surface area contributed by atoms with E-state index in [0.717, 1.165) is 11.8 Å². The standard InChI is InChI=1S/C10H10O4/c11-7-3-1-2-5(3)9(13-7)12-10-6(2)4(1)8(11)14-10/h1-10H. The van der Waals surface area contributed by atoms with Crippen LogP contribution >= 0.6 is 0 Å². The normalized spacial score (nSPS) is 84.0. The van der Waals surface area contributed by atoms with E-state index >= 15 is 0 Å². The second-order valence-corrected chi connectivity index (χ2v) is 5.48. The molecule has 4 heteroatoms. The lowest BCUT2D eigenvalue weighted by Crippen LogP contribution is -2.72. The Bertz CT molecular complexity index is 296. The Morgan fingerprint density at radius 3 is 0.929 bits per heavy atom. The van der Waals surface area contributed by atoms with E-state index in [4.69, 9.17) is 18.9 Å². The predicted octanol–water partition coefficient (Wildman–Crippen LogP) is 0.136. The van der Waals surface area contributed by atoms with Crippen LogP contribution in [0.4, 0.5) is 0 Å². The summed E-state index contributed by atoms with van der Waals surface area (Å²) in [6.45, 7) is 0. The lowest BCUT2D eigenvalue weighted by Gasteiger charge is -2.68. The van der Waals surface area contributed by atoms with Gasteiger partial charge in [-0.1, -0.05) is 0 Å². The molecule has 4 aliphatic heterocycles. The van der Waals surface area contributed by atoms with Crippen molar-refractivity contribution in [3.8, 4) is 0 Å². The molecule has 4 nitrogen and oxygen atoms in total. The highest BCUT2D eigenvalue weighted by Gasteiger charge is 2.83. The monoisotopic (exact) mass is 194 g/mol. The van der Waals surface area contributed by atoms with Crippen LogP contribution in [0.1, 0.15) is 0 Å². The Kier molecular flexibility index (Phi) is 0.722. The average Bonchev–Trinajstić information content (AvgIpc) is 2.60. The van der Waals surface area contributed by atoms with Gasteiger partial charge in [0.1, 0.15) is 0 Å². The summed E-state index contributed by atoms with van der Waals surface area (Å²) in [6.07, 6.45) is -0.0833. The van der Waals surface area contributed by atoms with Crippen molar-refractivity contribution in [3.05, 3.63) is 0 Å². The van der Waals surface area contributed by atoms with Crippen molar-refractivity contribution in [2.24, 2.45) is 35.5 Å². The summed E-state index contributed by atoms with van der Waals surface area (Å²) in [5.41, 5.74) is 0. The van der Waals surface area contributed by atoms with Crippen molar-refractivity contribution in [1.82, 2.24) is 0 Å². The Hall–Kier alpha value is -0.160. The third-order valence-electron chi connectivity index (χ3n) is 5.44. The summed E-state index contributed by atoms with van der Waals surface area (Å²) in [7, 11) is 0. The number of ether oxygens (including phenoxy) is 4. The molecular weight excluding hydrogens is 184 g/mol. The first-order chi connectivity index (χ1) is 6.93. The number of rotatable bonds is 0. The molecular formula is C10H10O4. The van der Waals surface area contributed by atoms with Crippen LogP contribution in [-0.2, 0) is 18.9 Å². The first kappa shape index (κ1) is 6.43. The van der Waals surface area contributed by atoms with Crippen molar-refractivity contribution < 1.29 is 18.9 Å². The highest BCUT2D eigenvalue weighted by atomic mass is 16.9. The highest BCUT2D eigenvalue weighted by molar-refractivity contribution is 5.22. The quantitative estimate of drug-likeness (QED) is 0.549. The van der Waals surface area contributed by atoms with E-state index in [0.29, 0.717) is 23.7 Å². The Morgan fingerprint density at radius 2 is 0.643 bits per heavy atom. The molecule has 0 N–H and O–H groups in total. The third kappa shape index (κ3) is 0.389. The minimum Gasteiger partial charge on any atom is -0.323 e.